The second-order valence-electron chi connectivity index (χ2n) is 3.77. The number of nitro groups is 2. The van der Waals surface area contributed by atoms with Crippen molar-refractivity contribution in [1.82, 2.24) is 0 Å². The van der Waals surface area contributed by atoms with Crippen molar-refractivity contribution < 1.29 is 15.0 Å². The first kappa shape index (κ1) is 14.5. The summed E-state index contributed by atoms with van der Waals surface area (Å²) in [5.74, 6) is -0.204. The molecule has 0 saturated carbocycles. The first-order valence-electron chi connectivity index (χ1n) is 5.28. The molecule has 0 saturated heterocycles. The SMILES string of the molecule is CC(/C=N/Nc1ccc([N+](=O)[O-])cc1[N+](=O)[O-])CO. The van der Waals surface area contributed by atoms with Crippen LogP contribution in [0.4, 0.5) is 17.1 Å². The number of anilines is 1. The average molecular weight is 268 g/mol. The molecule has 0 heterocycles. The van der Waals surface area contributed by atoms with E-state index in [4.69, 9.17) is 5.11 Å². The Kier molecular flexibility index (Phi) is 4.89. The molecule has 0 aromatic heterocycles. The minimum atomic E-state index is -0.736. The van der Waals surface area contributed by atoms with Crippen molar-refractivity contribution in [3.05, 3.63) is 38.4 Å². The van der Waals surface area contributed by atoms with Crippen molar-refractivity contribution in [3.8, 4) is 0 Å². The number of hydrogen-bond donors (Lipinski definition) is 2. The minimum absolute atomic E-state index is 0.0389. The summed E-state index contributed by atoms with van der Waals surface area (Å²) < 4.78 is 0. The molecule has 0 aliphatic heterocycles. The maximum absolute atomic E-state index is 10.8. The van der Waals surface area contributed by atoms with Crippen LogP contribution in [0.1, 0.15) is 6.92 Å². The van der Waals surface area contributed by atoms with E-state index < -0.39 is 15.5 Å². The molecule has 0 amide bonds. The Morgan fingerprint density at radius 1 is 1.42 bits per heavy atom. The number of aliphatic hydroxyl groups is 1. The molecular formula is C10H12N4O5. The predicted molar refractivity (Wildman–Crippen MR) is 68.1 cm³/mol. The molecule has 1 unspecified atom stereocenters. The van der Waals surface area contributed by atoms with Crippen LogP contribution in [0.25, 0.3) is 0 Å². The third-order valence-electron chi connectivity index (χ3n) is 2.19. The van der Waals surface area contributed by atoms with Gasteiger partial charge in [0.2, 0.25) is 0 Å². The largest absolute Gasteiger partial charge is 0.396 e. The van der Waals surface area contributed by atoms with Gasteiger partial charge in [-0.1, -0.05) is 6.92 Å². The Morgan fingerprint density at radius 3 is 2.63 bits per heavy atom. The molecular weight excluding hydrogens is 256 g/mol. The van der Waals surface area contributed by atoms with Crippen LogP contribution in [0.5, 0.6) is 0 Å². The van der Waals surface area contributed by atoms with E-state index in [-0.39, 0.29) is 23.9 Å². The van der Waals surface area contributed by atoms with Gasteiger partial charge in [0.25, 0.3) is 5.69 Å². The normalized spacial score (nSPS) is 12.3. The van der Waals surface area contributed by atoms with Gasteiger partial charge in [0.05, 0.1) is 22.5 Å². The third kappa shape index (κ3) is 4.00. The molecule has 1 rings (SSSR count). The summed E-state index contributed by atoms with van der Waals surface area (Å²) in [6.45, 7) is 1.60. The molecule has 9 nitrogen and oxygen atoms in total. The summed E-state index contributed by atoms with van der Waals surface area (Å²) in [7, 11) is 0. The van der Waals surface area contributed by atoms with Gasteiger partial charge >= 0.3 is 5.69 Å². The summed E-state index contributed by atoms with van der Waals surface area (Å²) >= 11 is 0. The highest BCUT2D eigenvalue weighted by atomic mass is 16.6. The van der Waals surface area contributed by atoms with Crippen LogP contribution in [0.3, 0.4) is 0 Å². The number of hydrazone groups is 1. The van der Waals surface area contributed by atoms with E-state index in [0.29, 0.717) is 0 Å². The maximum Gasteiger partial charge on any atom is 0.301 e. The van der Waals surface area contributed by atoms with Crippen molar-refractivity contribution in [2.24, 2.45) is 11.0 Å². The zero-order chi connectivity index (χ0) is 14.4. The number of non-ortho nitro benzene ring substituents is 1. The number of nitrogens with zero attached hydrogens (tertiary/aromatic N) is 3. The highest BCUT2D eigenvalue weighted by Crippen LogP contribution is 2.28. The van der Waals surface area contributed by atoms with Crippen LogP contribution in [-0.4, -0.2) is 27.8 Å². The van der Waals surface area contributed by atoms with Gasteiger partial charge in [-0.15, -0.1) is 0 Å². The lowest BCUT2D eigenvalue weighted by atomic mass is 10.2. The standard InChI is InChI=1S/C10H12N4O5/c1-7(6-15)5-11-12-9-3-2-8(13(16)17)4-10(9)14(18)19/h2-5,7,12,15H,6H2,1H3/b11-5+. The Bertz CT molecular complexity index is 517. The van der Waals surface area contributed by atoms with Crippen LogP contribution >= 0.6 is 0 Å². The van der Waals surface area contributed by atoms with Crippen molar-refractivity contribution in [1.29, 1.82) is 0 Å². The summed E-state index contributed by atoms with van der Waals surface area (Å²) in [6, 6.07) is 3.20. The first-order valence-corrected chi connectivity index (χ1v) is 5.28. The second-order valence-corrected chi connectivity index (χ2v) is 3.77. The second kappa shape index (κ2) is 6.40. The number of nitrogens with one attached hydrogen (secondary N) is 1. The monoisotopic (exact) mass is 268 g/mol. The topological polar surface area (TPSA) is 131 Å². The predicted octanol–water partition coefficient (Wildman–Crippen LogP) is 1.53. The van der Waals surface area contributed by atoms with Crippen LogP contribution in [0.2, 0.25) is 0 Å². The Morgan fingerprint density at radius 2 is 2.11 bits per heavy atom. The van der Waals surface area contributed by atoms with Crippen LogP contribution in [0, 0.1) is 26.1 Å². The molecule has 1 aromatic rings. The van der Waals surface area contributed by atoms with Gasteiger partial charge in [0.15, 0.2) is 0 Å². The van der Waals surface area contributed by atoms with Gasteiger partial charge < -0.3 is 5.11 Å². The molecule has 0 aliphatic carbocycles. The highest BCUT2D eigenvalue weighted by Gasteiger charge is 2.18. The number of aliphatic hydroxyl groups excluding tert-OH is 1. The minimum Gasteiger partial charge on any atom is -0.396 e. The molecule has 102 valence electrons. The van der Waals surface area contributed by atoms with Crippen LogP contribution in [0.15, 0.2) is 23.3 Å². The lowest BCUT2D eigenvalue weighted by molar-refractivity contribution is -0.393. The van der Waals surface area contributed by atoms with Gasteiger partial charge in [-0.2, -0.15) is 5.10 Å². The van der Waals surface area contributed by atoms with E-state index >= 15 is 0 Å². The van der Waals surface area contributed by atoms with E-state index in [1.54, 1.807) is 6.92 Å². The number of hydrogen-bond acceptors (Lipinski definition) is 7. The number of nitro benzene ring substituents is 2. The molecule has 2 N–H and O–H groups in total. The fraction of sp³-hybridized carbons (Fsp3) is 0.300. The highest BCUT2D eigenvalue weighted by molar-refractivity contribution is 5.68. The molecule has 1 aromatic carbocycles. The lowest BCUT2D eigenvalue weighted by Crippen LogP contribution is -2.04. The van der Waals surface area contributed by atoms with Gasteiger partial charge in [0, 0.05) is 18.2 Å². The summed E-state index contributed by atoms with van der Waals surface area (Å²) in [6.07, 6.45) is 1.38. The molecule has 0 fully saturated rings. The molecule has 0 aliphatic rings. The van der Waals surface area contributed by atoms with E-state index in [1.807, 2.05) is 0 Å². The van der Waals surface area contributed by atoms with Crippen LogP contribution < -0.4 is 5.43 Å². The lowest BCUT2D eigenvalue weighted by Gasteiger charge is -2.03. The molecule has 0 bridgehead atoms. The third-order valence-corrected chi connectivity index (χ3v) is 2.19. The quantitative estimate of drug-likeness (QED) is 0.457. The van der Waals surface area contributed by atoms with E-state index in [0.717, 1.165) is 12.1 Å². The summed E-state index contributed by atoms with van der Waals surface area (Å²) in [5.41, 5.74) is 1.65. The number of rotatable bonds is 6. The Hall–Kier alpha value is -2.55. The van der Waals surface area contributed by atoms with Crippen molar-refractivity contribution in [2.75, 3.05) is 12.0 Å². The zero-order valence-electron chi connectivity index (χ0n) is 10.0. The Labute approximate surface area is 107 Å². The fourth-order valence-corrected chi connectivity index (χ4v) is 1.16. The fourth-order valence-electron chi connectivity index (χ4n) is 1.16. The smallest absolute Gasteiger partial charge is 0.301 e. The van der Waals surface area contributed by atoms with E-state index in [2.05, 4.69) is 10.5 Å². The molecule has 1 atom stereocenters. The van der Waals surface area contributed by atoms with Crippen LogP contribution in [-0.2, 0) is 0 Å². The Balaban J connectivity index is 2.97. The zero-order valence-corrected chi connectivity index (χ0v) is 10.0. The van der Waals surface area contributed by atoms with Crippen molar-refractivity contribution >= 4 is 23.3 Å². The van der Waals surface area contributed by atoms with Crippen molar-refractivity contribution in [3.63, 3.8) is 0 Å². The maximum atomic E-state index is 10.8. The average Bonchev–Trinajstić information content (AvgIpc) is 2.38. The van der Waals surface area contributed by atoms with Crippen molar-refractivity contribution in [2.45, 2.75) is 6.92 Å². The molecule has 19 heavy (non-hydrogen) atoms. The van der Waals surface area contributed by atoms with Gasteiger partial charge in [-0.05, 0) is 6.07 Å². The first-order chi connectivity index (χ1) is 8.95. The van der Waals surface area contributed by atoms with Gasteiger partial charge in [-0.25, -0.2) is 0 Å². The summed E-state index contributed by atoms with van der Waals surface area (Å²) in [4.78, 5) is 19.9. The molecule has 9 heteroatoms. The van der Waals surface area contributed by atoms with Gasteiger partial charge in [-0.3, -0.25) is 25.7 Å². The summed E-state index contributed by atoms with van der Waals surface area (Å²) in [5, 5.41) is 33.8. The van der Waals surface area contributed by atoms with Gasteiger partial charge in [0.1, 0.15) is 5.69 Å². The van der Waals surface area contributed by atoms with E-state index in [1.165, 1.54) is 12.3 Å². The van der Waals surface area contributed by atoms with E-state index in [9.17, 15) is 20.2 Å². The molecule has 0 radical (unpaired) electrons. The number of benzene rings is 1. The molecule has 0 spiro atoms.